The number of rotatable bonds is 2. The van der Waals surface area contributed by atoms with Gasteiger partial charge in [0, 0.05) is 5.75 Å². The highest BCUT2D eigenvalue weighted by molar-refractivity contribution is 9.26. The summed E-state index contributed by atoms with van der Waals surface area (Å²) in [7, 11) is 0. The smallest absolute Gasteiger partial charge is 0.162 e. The SMILES string of the molecule is CSCC(Cl)(Br)Br. The lowest BCUT2D eigenvalue weighted by Crippen LogP contribution is -2.02. The van der Waals surface area contributed by atoms with Crippen molar-refractivity contribution in [3.8, 4) is 0 Å². The maximum absolute atomic E-state index is 5.65. The molecule has 0 aromatic carbocycles. The van der Waals surface area contributed by atoms with E-state index < -0.39 is 0 Å². The third kappa shape index (κ3) is 7.60. The fourth-order valence-electron chi connectivity index (χ4n) is 0.164. The van der Waals surface area contributed by atoms with Crippen molar-refractivity contribution >= 4 is 55.2 Å². The average molecular weight is 268 g/mol. The minimum Gasteiger partial charge on any atom is -0.162 e. The Morgan fingerprint density at radius 1 is 1.71 bits per heavy atom. The Labute approximate surface area is 69.6 Å². The third-order valence-electron chi connectivity index (χ3n) is 0.308. The number of hydrogen-bond donors (Lipinski definition) is 0. The van der Waals surface area contributed by atoms with Gasteiger partial charge < -0.3 is 0 Å². The van der Waals surface area contributed by atoms with Crippen LogP contribution in [0.5, 0.6) is 0 Å². The highest BCUT2D eigenvalue weighted by Gasteiger charge is 2.15. The van der Waals surface area contributed by atoms with Gasteiger partial charge in [-0.1, -0.05) is 43.5 Å². The third-order valence-corrected chi connectivity index (χ3v) is 2.62. The van der Waals surface area contributed by atoms with Crippen LogP contribution in [0.25, 0.3) is 0 Å². The molecule has 0 aromatic heterocycles. The summed E-state index contributed by atoms with van der Waals surface area (Å²) in [5, 5.41) is 0. The predicted octanol–water partition coefficient (Wildman–Crippen LogP) is 3.03. The fraction of sp³-hybridized carbons (Fsp3) is 1.00. The highest BCUT2D eigenvalue weighted by Crippen LogP contribution is 2.33. The van der Waals surface area contributed by atoms with E-state index in [-0.39, 0.29) is 2.69 Å². The number of thioether (sulfide) groups is 1. The number of halogens is 3. The van der Waals surface area contributed by atoms with E-state index in [9.17, 15) is 0 Å². The molecular weight excluding hydrogens is 263 g/mol. The minimum absolute atomic E-state index is 0.389. The Bertz CT molecular complexity index is 51.4. The standard InChI is InChI=1S/C3H5Br2ClS/c1-7-2-3(4,5)6/h2H2,1H3. The van der Waals surface area contributed by atoms with Crippen LogP contribution < -0.4 is 0 Å². The van der Waals surface area contributed by atoms with Crippen molar-refractivity contribution in [2.45, 2.75) is 2.69 Å². The minimum atomic E-state index is -0.389. The molecule has 0 unspecified atom stereocenters. The molecule has 0 bridgehead atoms. The Balaban J connectivity index is 3.15. The molecule has 0 rings (SSSR count). The van der Waals surface area contributed by atoms with Gasteiger partial charge in [-0.25, -0.2) is 0 Å². The quantitative estimate of drug-likeness (QED) is 0.694. The molecule has 0 nitrogen and oxygen atoms in total. The summed E-state index contributed by atoms with van der Waals surface area (Å²) >= 11 is 13.7. The van der Waals surface area contributed by atoms with E-state index in [4.69, 9.17) is 11.6 Å². The molecule has 0 saturated carbocycles. The van der Waals surface area contributed by atoms with Gasteiger partial charge in [-0.2, -0.15) is 11.8 Å². The number of hydrogen-bond acceptors (Lipinski definition) is 1. The van der Waals surface area contributed by atoms with Gasteiger partial charge in [-0.05, 0) is 6.26 Å². The number of alkyl halides is 3. The molecule has 0 spiro atoms. The van der Waals surface area contributed by atoms with Crippen molar-refractivity contribution in [3.05, 3.63) is 0 Å². The predicted molar refractivity (Wildman–Crippen MR) is 44.8 cm³/mol. The Morgan fingerprint density at radius 3 is 2.14 bits per heavy atom. The molecule has 0 atom stereocenters. The van der Waals surface area contributed by atoms with Gasteiger partial charge in [0.25, 0.3) is 0 Å². The second-order valence-electron chi connectivity index (χ2n) is 1.05. The van der Waals surface area contributed by atoms with Crippen molar-refractivity contribution in [2.75, 3.05) is 12.0 Å². The first-order valence-corrected chi connectivity index (χ1v) is 4.98. The van der Waals surface area contributed by atoms with Crippen molar-refractivity contribution < 1.29 is 0 Å². The summed E-state index contributed by atoms with van der Waals surface area (Å²) in [6, 6.07) is 0. The fourth-order valence-corrected chi connectivity index (χ4v) is 2.19. The van der Waals surface area contributed by atoms with Gasteiger partial charge in [-0.15, -0.1) is 0 Å². The van der Waals surface area contributed by atoms with Crippen molar-refractivity contribution in [3.63, 3.8) is 0 Å². The van der Waals surface area contributed by atoms with Crippen LogP contribution in [0.15, 0.2) is 0 Å². The molecule has 0 N–H and O–H groups in total. The monoisotopic (exact) mass is 266 g/mol. The molecule has 0 aliphatic heterocycles. The molecule has 0 aromatic rings. The van der Waals surface area contributed by atoms with Gasteiger partial charge in [-0.3, -0.25) is 0 Å². The molecule has 0 heterocycles. The van der Waals surface area contributed by atoms with Crippen LogP contribution in [-0.4, -0.2) is 14.7 Å². The Hall–Kier alpha value is 1.60. The lowest BCUT2D eigenvalue weighted by Gasteiger charge is -2.06. The van der Waals surface area contributed by atoms with E-state index in [1.165, 1.54) is 0 Å². The summed E-state index contributed by atoms with van der Waals surface area (Å²) < 4.78 is -0.389. The lowest BCUT2D eigenvalue weighted by molar-refractivity contribution is 1.39. The molecule has 0 aliphatic rings. The molecule has 0 aliphatic carbocycles. The lowest BCUT2D eigenvalue weighted by atomic mass is 11.0. The second kappa shape index (κ2) is 3.59. The topological polar surface area (TPSA) is 0 Å². The van der Waals surface area contributed by atoms with Crippen LogP contribution in [0.2, 0.25) is 0 Å². The molecule has 44 valence electrons. The maximum atomic E-state index is 5.65. The summed E-state index contributed by atoms with van der Waals surface area (Å²) in [5.41, 5.74) is 0. The van der Waals surface area contributed by atoms with E-state index in [1.54, 1.807) is 11.8 Å². The van der Waals surface area contributed by atoms with Gasteiger partial charge in [0.05, 0.1) is 0 Å². The summed E-state index contributed by atoms with van der Waals surface area (Å²) in [5.74, 6) is 0.856. The highest BCUT2D eigenvalue weighted by atomic mass is 79.9. The summed E-state index contributed by atoms with van der Waals surface area (Å²) in [6.07, 6.45) is 2.00. The second-order valence-corrected chi connectivity index (χ2v) is 7.24. The first-order valence-electron chi connectivity index (χ1n) is 1.62. The average Bonchev–Trinajstić information content (AvgIpc) is 1.30. The van der Waals surface area contributed by atoms with E-state index in [0.717, 1.165) is 5.75 Å². The van der Waals surface area contributed by atoms with Gasteiger partial charge in [0.2, 0.25) is 0 Å². The zero-order chi connectivity index (χ0) is 5.91. The zero-order valence-electron chi connectivity index (χ0n) is 3.75. The van der Waals surface area contributed by atoms with E-state index in [1.807, 2.05) is 6.26 Å². The van der Waals surface area contributed by atoms with Crippen molar-refractivity contribution in [2.24, 2.45) is 0 Å². The molecule has 0 amide bonds. The van der Waals surface area contributed by atoms with Crippen LogP contribution in [0, 0.1) is 0 Å². The molecule has 0 saturated heterocycles. The van der Waals surface area contributed by atoms with Crippen LogP contribution in [0.4, 0.5) is 0 Å². The summed E-state index contributed by atoms with van der Waals surface area (Å²) in [6.45, 7) is 0. The van der Waals surface area contributed by atoms with Crippen molar-refractivity contribution in [1.29, 1.82) is 0 Å². The van der Waals surface area contributed by atoms with Gasteiger partial charge in [0.15, 0.2) is 2.69 Å². The van der Waals surface area contributed by atoms with Gasteiger partial charge >= 0.3 is 0 Å². The molecular formula is C3H5Br2ClS. The van der Waals surface area contributed by atoms with Gasteiger partial charge in [0.1, 0.15) is 0 Å². The molecule has 0 fully saturated rings. The molecule has 7 heavy (non-hydrogen) atoms. The first kappa shape index (κ1) is 8.60. The van der Waals surface area contributed by atoms with E-state index >= 15 is 0 Å². The largest absolute Gasteiger partial charge is 0.162 e. The van der Waals surface area contributed by atoms with Crippen molar-refractivity contribution in [1.82, 2.24) is 0 Å². The van der Waals surface area contributed by atoms with Crippen LogP contribution in [-0.2, 0) is 0 Å². The maximum Gasteiger partial charge on any atom is 0.162 e. The van der Waals surface area contributed by atoms with Crippen LogP contribution in [0.1, 0.15) is 0 Å². The van der Waals surface area contributed by atoms with E-state index in [2.05, 4.69) is 31.9 Å². The molecule has 4 heteroatoms. The Kier molecular flexibility index (Phi) is 4.41. The zero-order valence-corrected chi connectivity index (χ0v) is 8.49. The first-order chi connectivity index (χ1) is 3.06. The Morgan fingerprint density at radius 2 is 2.14 bits per heavy atom. The van der Waals surface area contributed by atoms with E-state index in [0.29, 0.717) is 0 Å². The normalized spacial score (nSPS) is 12.0. The van der Waals surface area contributed by atoms with Crippen LogP contribution >= 0.6 is 55.2 Å². The summed E-state index contributed by atoms with van der Waals surface area (Å²) in [4.78, 5) is 0. The molecule has 0 radical (unpaired) electrons. The van der Waals surface area contributed by atoms with Crippen LogP contribution in [0.3, 0.4) is 0 Å².